The molecule has 0 aliphatic carbocycles. The third kappa shape index (κ3) is 7.75. The Morgan fingerprint density at radius 3 is 2.35 bits per heavy atom. The summed E-state index contributed by atoms with van der Waals surface area (Å²) in [6.07, 6.45) is 13.0. The Labute approximate surface area is 107 Å². The topological polar surface area (TPSA) is 4.44 Å². The zero-order valence-corrected chi connectivity index (χ0v) is 11.9. The summed E-state index contributed by atoms with van der Waals surface area (Å²) in [4.78, 5) is 1.90. The average Bonchev–Trinajstić information content (AvgIpc) is 2.72. The highest BCUT2D eigenvalue weighted by molar-refractivity contribution is 4.61. The molecule has 2 atom stereocenters. The Kier molecular flexibility index (Phi) is 10.9. The normalized spacial score (nSPS) is 23.6. The number of hydrogen-bond donors (Lipinski definition) is 1. The molecule has 2 heteroatoms. The van der Waals surface area contributed by atoms with E-state index < -0.39 is 0 Å². The Morgan fingerprint density at radius 2 is 1.65 bits per heavy atom. The standard InChI is InChI=1S/C15H31N.FH/c1-3-5-6-7-8-9-12-16-13-11-15(14-16)10-4-2;/h15H,3-14H2,1-2H3;1H. The van der Waals surface area contributed by atoms with Crippen LogP contribution in [0.1, 0.15) is 71.6 Å². The van der Waals surface area contributed by atoms with Gasteiger partial charge in [0.25, 0.3) is 0 Å². The summed E-state index contributed by atoms with van der Waals surface area (Å²) in [5, 5.41) is 0. The van der Waals surface area contributed by atoms with Gasteiger partial charge >= 0.3 is 0 Å². The molecule has 1 fully saturated rings. The van der Waals surface area contributed by atoms with Gasteiger partial charge in [0, 0.05) is 12.3 Å². The van der Waals surface area contributed by atoms with Crippen LogP contribution < -0.4 is 9.60 Å². The minimum atomic E-state index is 0. The first-order valence-electron chi connectivity index (χ1n) is 7.70. The van der Waals surface area contributed by atoms with Crippen LogP contribution in [0.3, 0.4) is 0 Å². The molecule has 0 aromatic heterocycles. The van der Waals surface area contributed by atoms with E-state index in [2.05, 4.69) is 13.8 Å². The van der Waals surface area contributed by atoms with Gasteiger partial charge in [-0.1, -0.05) is 46.0 Å². The van der Waals surface area contributed by atoms with Crippen molar-refractivity contribution in [1.82, 2.24) is 0 Å². The van der Waals surface area contributed by atoms with Crippen LogP contribution in [0.2, 0.25) is 0 Å². The molecule has 0 bridgehead atoms. The molecule has 0 amide bonds. The van der Waals surface area contributed by atoms with Gasteiger partial charge in [0.15, 0.2) is 0 Å². The maximum absolute atomic E-state index is 2.33. The monoisotopic (exact) mass is 245 g/mol. The van der Waals surface area contributed by atoms with E-state index in [0.717, 1.165) is 5.92 Å². The summed E-state index contributed by atoms with van der Waals surface area (Å²) in [5.41, 5.74) is 0. The minimum absolute atomic E-state index is 0. The van der Waals surface area contributed by atoms with E-state index in [9.17, 15) is 0 Å². The number of halogens is 1. The molecule has 1 heterocycles. The average molecular weight is 245 g/mol. The summed E-state index contributed by atoms with van der Waals surface area (Å²) < 4.78 is 0. The van der Waals surface area contributed by atoms with Crippen molar-refractivity contribution in [2.24, 2.45) is 5.92 Å². The molecule has 2 unspecified atom stereocenters. The molecule has 0 aromatic rings. The largest absolute Gasteiger partial charge is 1.00 e. The molecule has 104 valence electrons. The summed E-state index contributed by atoms with van der Waals surface area (Å²) >= 11 is 0. The van der Waals surface area contributed by atoms with E-state index in [1.807, 2.05) is 4.90 Å². The van der Waals surface area contributed by atoms with Crippen LogP contribution in [-0.2, 0) is 0 Å². The lowest BCUT2D eigenvalue weighted by Crippen LogP contribution is -3.10. The Balaban J connectivity index is 0.00000256. The fourth-order valence-electron chi connectivity index (χ4n) is 3.06. The van der Waals surface area contributed by atoms with Gasteiger partial charge in [0.05, 0.1) is 19.6 Å². The molecule has 1 rings (SSSR count). The van der Waals surface area contributed by atoms with E-state index in [-0.39, 0.29) is 4.70 Å². The lowest BCUT2D eigenvalue weighted by Gasteiger charge is -2.12. The van der Waals surface area contributed by atoms with Crippen LogP contribution >= 0.6 is 0 Å². The molecule has 0 spiro atoms. The highest BCUT2D eigenvalue weighted by Crippen LogP contribution is 2.11. The van der Waals surface area contributed by atoms with Crippen LogP contribution in [0.25, 0.3) is 0 Å². The van der Waals surface area contributed by atoms with Crippen LogP contribution in [0.4, 0.5) is 0 Å². The molecule has 1 aliphatic rings. The second-order valence-corrected chi connectivity index (χ2v) is 5.67. The summed E-state index contributed by atoms with van der Waals surface area (Å²) in [6.45, 7) is 9.00. The fraction of sp³-hybridized carbons (Fsp3) is 1.00. The molecule has 0 radical (unpaired) electrons. The Bertz CT molecular complexity index is 161. The van der Waals surface area contributed by atoms with Crippen LogP contribution in [0.15, 0.2) is 0 Å². The SMILES string of the molecule is CCCCCCCC[NH+]1CCC(CCC)C1.[F-]. The van der Waals surface area contributed by atoms with Crippen LogP contribution in [0, 0.1) is 5.92 Å². The van der Waals surface area contributed by atoms with Gasteiger partial charge in [-0.2, -0.15) is 0 Å². The van der Waals surface area contributed by atoms with Crippen LogP contribution in [-0.4, -0.2) is 19.6 Å². The summed E-state index contributed by atoms with van der Waals surface area (Å²) in [5.74, 6) is 1.06. The third-order valence-corrected chi connectivity index (χ3v) is 4.06. The van der Waals surface area contributed by atoms with Crippen molar-refractivity contribution in [1.29, 1.82) is 0 Å². The van der Waals surface area contributed by atoms with Gasteiger partial charge in [-0.25, -0.2) is 0 Å². The number of likely N-dealkylation sites (tertiary alicyclic amines) is 1. The predicted octanol–water partition coefficient (Wildman–Crippen LogP) is 0.0558. The molecular formula is C15H32FN. The maximum atomic E-state index is 2.33. The third-order valence-electron chi connectivity index (χ3n) is 4.06. The number of unbranched alkanes of at least 4 members (excludes halogenated alkanes) is 5. The van der Waals surface area contributed by atoms with E-state index >= 15 is 0 Å². The highest BCUT2D eigenvalue weighted by atomic mass is 19.0. The second-order valence-electron chi connectivity index (χ2n) is 5.67. The first kappa shape index (κ1) is 16.9. The number of nitrogens with one attached hydrogen (secondary N) is 1. The van der Waals surface area contributed by atoms with E-state index in [1.165, 1.54) is 77.4 Å². The van der Waals surface area contributed by atoms with Crippen LogP contribution in [0.5, 0.6) is 0 Å². The number of quaternary nitrogens is 1. The first-order chi connectivity index (χ1) is 7.86. The van der Waals surface area contributed by atoms with Crippen molar-refractivity contribution < 1.29 is 9.60 Å². The zero-order chi connectivity index (χ0) is 11.6. The molecule has 0 aromatic carbocycles. The van der Waals surface area contributed by atoms with Crippen molar-refractivity contribution in [3.05, 3.63) is 0 Å². The Morgan fingerprint density at radius 1 is 0.941 bits per heavy atom. The fourth-order valence-corrected chi connectivity index (χ4v) is 3.06. The predicted molar refractivity (Wildman–Crippen MR) is 72.0 cm³/mol. The van der Waals surface area contributed by atoms with Crippen molar-refractivity contribution >= 4 is 0 Å². The highest BCUT2D eigenvalue weighted by Gasteiger charge is 2.24. The minimum Gasteiger partial charge on any atom is -1.00 e. The van der Waals surface area contributed by atoms with Crippen molar-refractivity contribution in [2.75, 3.05) is 19.6 Å². The van der Waals surface area contributed by atoms with E-state index in [0.29, 0.717) is 0 Å². The molecule has 1 nitrogen and oxygen atoms in total. The molecule has 17 heavy (non-hydrogen) atoms. The quantitative estimate of drug-likeness (QED) is 0.548. The first-order valence-corrected chi connectivity index (χ1v) is 7.70. The van der Waals surface area contributed by atoms with Crippen molar-refractivity contribution in [3.8, 4) is 0 Å². The van der Waals surface area contributed by atoms with Gasteiger partial charge in [-0.3, -0.25) is 0 Å². The maximum Gasteiger partial charge on any atom is 0.0801 e. The van der Waals surface area contributed by atoms with E-state index in [4.69, 9.17) is 0 Å². The number of rotatable bonds is 9. The molecule has 1 N–H and O–H groups in total. The second kappa shape index (κ2) is 11.0. The van der Waals surface area contributed by atoms with Gasteiger partial charge in [0.1, 0.15) is 0 Å². The zero-order valence-electron chi connectivity index (χ0n) is 11.9. The van der Waals surface area contributed by atoms with E-state index in [1.54, 1.807) is 0 Å². The molecule has 0 saturated carbocycles. The van der Waals surface area contributed by atoms with Gasteiger partial charge in [0.2, 0.25) is 0 Å². The molecular weight excluding hydrogens is 213 g/mol. The molecule has 1 saturated heterocycles. The lowest BCUT2D eigenvalue weighted by atomic mass is 10.0. The summed E-state index contributed by atoms with van der Waals surface area (Å²) in [6, 6.07) is 0. The Hall–Kier alpha value is -0.110. The van der Waals surface area contributed by atoms with Gasteiger partial charge < -0.3 is 9.60 Å². The lowest BCUT2D eigenvalue weighted by molar-refractivity contribution is -0.889. The van der Waals surface area contributed by atoms with Gasteiger partial charge in [-0.15, -0.1) is 0 Å². The molecule has 1 aliphatic heterocycles. The van der Waals surface area contributed by atoms with Crippen molar-refractivity contribution in [3.63, 3.8) is 0 Å². The smallest absolute Gasteiger partial charge is 0.0801 e. The number of hydrogen-bond acceptors (Lipinski definition) is 0. The summed E-state index contributed by atoms with van der Waals surface area (Å²) in [7, 11) is 0. The van der Waals surface area contributed by atoms with Gasteiger partial charge in [-0.05, 0) is 19.3 Å². The van der Waals surface area contributed by atoms with Crippen molar-refractivity contribution in [2.45, 2.75) is 71.6 Å².